The predicted octanol–water partition coefficient (Wildman–Crippen LogP) is 6.14. The van der Waals surface area contributed by atoms with Gasteiger partial charge >= 0.3 is 0 Å². The summed E-state index contributed by atoms with van der Waals surface area (Å²) in [5.41, 5.74) is 9.99. The van der Waals surface area contributed by atoms with Crippen LogP contribution in [0, 0.1) is 5.92 Å². The van der Waals surface area contributed by atoms with Crippen molar-refractivity contribution in [2.45, 2.75) is 108 Å². The molecule has 1 aliphatic carbocycles. The molecule has 1 saturated carbocycles. The third kappa shape index (κ3) is 19.1. The smallest absolute Gasteiger partial charge is 0.251 e. The average Bonchev–Trinajstić information content (AvgIpc) is 2.13. The number of piperazine rings is 1. The monoisotopic (exact) mass is 1250 g/mol. The third-order valence-electron chi connectivity index (χ3n) is 17.8. The number of methoxy groups -OCH3 is 1. The number of carbonyl (C=O) groups is 5. The van der Waals surface area contributed by atoms with Gasteiger partial charge in [0.15, 0.2) is 0 Å². The number of rotatable bonds is 31. The van der Waals surface area contributed by atoms with Gasteiger partial charge in [0.1, 0.15) is 35.3 Å². The Morgan fingerprint density at radius 3 is 2.29 bits per heavy atom. The SMILES string of the molecule is CCOc1cc(OC)ccc1CNCC(=O)N1CCCC(c2cccc(C(=O)N[C@@H](C(=O)NCCOCCOCCOCCC(=O)N3CCN(CC[C@H](NC(=O)C4(N)CCN(c5ncnc6[nH]ccc56)CC4)c4ccc(Cl)cc4)CC3)C3CCCCC3)c2)C1. The molecular weight excluding hydrogens is 1160 g/mol. The molecule has 89 heavy (non-hydrogen) atoms. The zero-order valence-corrected chi connectivity index (χ0v) is 52.6. The van der Waals surface area contributed by atoms with E-state index >= 15 is 0 Å². The van der Waals surface area contributed by atoms with Gasteiger partial charge in [-0.3, -0.25) is 28.9 Å². The standard InChI is InChI=1S/C66H91ClN12O10/c1-3-89-57-42-54(85-2)19-16-51(57)43-69-44-59(81)79-27-8-13-52(45-79)49-11-7-12-50(41-49)63(82)75-60(48-9-5-4-6-10-48)64(83)71-26-36-87-38-40-88-39-37-86-35-22-58(80)77-33-31-76(32-34-77)28-21-56(47-14-17-53(67)18-15-47)74-65(84)66(68)23-29-78(30-24-66)62-55-20-25-70-61(55)72-46-73-62/h7,11-12,14-20,25,41-42,46,48,52,56,60,69H,3-6,8-10,13,21-24,26-40,43-45,68H2,1-2H3,(H,71,83)(H,74,84)(H,75,82)(H,70,72,73)/t52?,56-,60+/m0/s1. The zero-order valence-electron chi connectivity index (χ0n) is 51.8. The summed E-state index contributed by atoms with van der Waals surface area (Å²) in [6.07, 6.45) is 11.9. The number of likely N-dealkylation sites (tertiary alicyclic amines) is 1. The molecular formula is C66H91ClN12O10. The summed E-state index contributed by atoms with van der Waals surface area (Å²) in [6, 6.07) is 21.9. The summed E-state index contributed by atoms with van der Waals surface area (Å²) in [4.78, 5) is 88.5. The molecule has 5 heterocycles. The van der Waals surface area contributed by atoms with Gasteiger partial charge in [-0.2, -0.15) is 0 Å². The number of carbonyl (C=O) groups excluding carboxylic acids is 5. The van der Waals surface area contributed by atoms with E-state index in [0.717, 1.165) is 104 Å². The molecule has 0 spiro atoms. The van der Waals surface area contributed by atoms with Crippen molar-refractivity contribution >= 4 is 58.0 Å². The van der Waals surface area contributed by atoms with Gasteiger partial charge in [0.2, 0.25) is 23.6 Å². The highest BCUT2D eigenvalue weighted by atomic mass is 35.5. The van der Waals surface area contributed by atoms with Gasteiger partial charge in [-0.25, -0.2) is 9.97 Å². The van der Waals surface area contributed by atoms with Gasteiger partial charge in [0.25, 0.3) is 5.91 Å². The Labute approximate surface area is 527 Å². The fourth-order valence-corrected chi connectivity index (χ4v) is 12.7. The Bertz CT molecular complexity index is 3080. The minimum Gasteiger partial charge on any atom is -0.497 e. The molecule has 3 saturated heterocycles. The van der Waals surface area contributed by atoms with Crippen molar-refractivity contribution < 1.29 is 47.7 Å². The van der Waals surface area contributed by atoms with Crippen LogP contribution in [0.4, 0.5) is 5.82 Å². The molecule has 22 nitrogen and oxygen atoms in total. The van der Waals surface area contributed by atoms with Gasteiger partial charge < -0.3 is 70.4 Å². The number of benzene rings is 3. The molecule has 0 radical (unpaired) electrons. The summed E-state index contributed by atoms with van der Waals surface area (Å²) in [5, 5.41) is 14.3. The van der Waals surface area contributed by atoms with Crippen LogP contribution in [-0.2, 0) is 39.9 Å². The Hall–Kier alpha value is -6.92. The van der Waals surface area contributed by atoms with Crippen LogP contribution in [-0.4, -0.2) is 196 Å². The van der Waals surface area contributed by atoms with Crippen molar-refractivity contribution in [3.05, 3.63) is 113 Å². The van der Waals surface area contributed by atoms with E-state index in [1.807, 2.05) is 89.7 Å². The number of halogens is 1. The number of nitrogens with one attached hydrogen (secondary N) is 5. The highest BCUT2D eigenvalue weighted by molar-refractivity contribution is 6.30. The van der Waals surface area contributed by atoms with Crippen LogP contribution in [0.3, 0.4) is 0 Å². The molecule has 23 heteroatoms. The van der Waals surface area contributed by atoms with E-state index in [0.29, 0.717) is 121 Å². The number of piperidine rings is 2. The van der Waals surface area contributed by atoms with Gasteiger partial charge in [0, 0.05) is 106 Å². The normalized spacial score (nSPS) is 18.1. The second kappa shape index (κ2) is 33.8. The number of ether oxygens (including phenoxy) is 5. The Kier molecular flexibility index (Phi) is 25.2. The molecule has 0 bridgehead atoms. The molecule has 4 aliphatic rings. The number of aromatic nitrogens is 3. The minimum atomic E-state index is -1.03. The highest BCUT2D eigenvalue weighted by Gasteiger charge is 2.40. The Balaban J connectivity index is 0.619. The van der Waals surface area contributed by atoms with E-state index in [1.165, 1.54) is 0 Å². The van der Waals surface area contributed by atoms with E-state index in [4.69, 9.17) is 41.0 Å². The number of nitrogens with zero attached hydrogens (tertiary/aromatic N) is 6. The first kappa shape index (κ1) is 66.5. The maximum absolute atomic E-state index is 14.0. The molecule has 2 aromatic heterocycles. The van der Waals surface area contributed by atoms with Gasteiger partial charge in [-0.15, -0.1) is 0 Å². The Morgan fingerprint density at radius 1 is 0.787 bits per heavy atom. The second-order valence-corrected chi connectivity index (χ2v) is 24.1. The predicted molar refractivity (Wildman–Crippen MR) is 341 cm³/mol. The summed E-state index contributed by atoms with van der Waals surface area (Å²) in [5.74, 6) is 1.77. The van der Waals surface area contributed by atoms with E-state index in [-0.39, 0.29) is 73.5 Å². The molecule has 7 N–H and O–H groups in total. The largest absolute Gasteiger partial charge is 0.497 e. The average molecular weight is 1250 g/mol. The molecule has 9 rings (SSSR count). The van der Waals surface area contributed by atoms with Crippen LogP contribution >= 0.6 is 11.6 Å². The number of H-pyrrole nitrogens is 1. The van der Waals surface area contributed by atoms with Crippen molar-refractivity contribution in [1.82, 2.24) is 50.9 Å². The number of amides is 5. The van der Waals surface area contributed by atoms with Gasteiger partial charge in [-0.05, 0) is 105 Å². The van der Waals surface area contributed by atoms with Crippen molar-refractivity contribution in [3.8, 4) is 11.5 Å². The first-order valence-corrected chi connectivity index (χ1v) is 32.3. The summed E-state index contributed by atoms with van der Waals surface area (Å²) >= 11 is 6.26. The van der Waals surface area contributed by atoms with Crippen LogP contribution in [0.25, 0.3) is 11.0 Å². The number of nitrogens with two attached hydrogens (primary N) is 1. The molecule has 3 atom stereocenters. The summed E-state index contributed by atoms with van der Waals surface area (Å²) < 4.78 is 28.4. The van der Waals surface area contributed by atoms with E-state index in [9.17, 15) is 24.0 Å². The maximum atomic E-state index is 14.0. The number of hydrogen-bond donors (Lipinski definition) is 6. The first-order valence-electron chi connectivity index (χ1n) is 32.0. The van der Waals surface area contributed by atoms with Crippen molar-refractivity contribution in [2.24, 2.45) is 11.7 Å². The fraction of sp³-hybridized carbons (Fsp3) is 0.561. The fourth-order valence-electron chi connectivity index (χ4n) is 12.5. The zero-order chi connectivity index (χ0) is 62.4. The molecule has 3 aromatic carbocycles. The topological polar surface area (TPSA) is 260 Å². The summed E-state index contributed by atoms with van der Waals surface area (Å²) in [7, 11) is 1.62. The van der Waals surface area contributed by atoms with Crippen LogP contribution in [0.1, 0.15) is 117 Å². The molecule has 3 aliphatic heterocycles. The lowest BCUT2D eigenvalue weighted by Gasteiger charge is -2.39. The third-order valence-corrected chi connectivity index (χ3v) is 18.0. The number of anilines is 1. The van der Waals surface area contributed by atoms with Crippen LogP contribution < -0.4 is 41.4 Å². The van der Waals surface area contributed by atoms with Crippen molar-refractivity contribution in [2.75, 3.05) is 130 Å². The van der Waals surface area contributed by atoms with Gasteiger partial charge in [-0.1, -0.05) is 61.2 Å². The van der Waals surface area contributed by atoms with Crippen LogP contribution in [0.2, 0.25) is 5.02 Å². The molecule has 5 amide bonds. The first-order chi connectivity index (χ1) is 43.4. The molecule has 4 fully saturated rings. The van der Waals surface area contributed by atoms with E-state index in [1.54, 1.807) is 19.5 Å². The summed E-state index contributed by atoms with van der Waals surface area (Å²) in [6.45, 7) is 11.2. The van der Waals surface area contributed by atoms with Crippen LogP contribution in [0.5, 0.6) is 11.5 Å². The van der Waals surface area contributed by atoms with Crippen molar-refractivity contribution in [3.63, 3.8) is 0 Å². The van der Waals surface area contributed by atoms with Gasteiger partial charge in [0.05, 0.1) is 83.3 Å². The van der Waals surface area contributed by atoms with E-state index in [2.05, 4.69) is 46.0 Å². The number of fused-ring (bicyclic) bond motifs is 1. The lowest BCUT2D eigenvalue weighted by atomic mass is 9.83. The number of hydrogen-bond acceptors (Lipinski definition) is 16. The lowest BCUT2D eigenvalue weighted by molar-refractivity contribution is -0.134. The Morgan fingerprint density at radius 2 is 1.54 bits per heavy atom. The second-order valence-electron chi connectivity index (χ2n) is 23.7. The van der Waals surface area contributed by atoms with Crippen LogP contribution in [0.15, 0.2) is 85.3 Å². The molecule has 5 aromatic rings. The molecule has 482 valence electrons. The maximum Gasteiger partial charge on any atom is 0.251 e. The minimum absolute atomic E-state index is 0.0247. The lowest BCUT2D eigenvalue weighted by Crippen LogP contribution is -2.60. The highest BCUT2D eigenvalue weighted by Crippen LogP contribution is 2.32. The molecule has 1 unspecified atom stereocenters. The van der Waals surface area contributed by atoms with Crippen molar-refractivity contribution in [1.29, 1.82) is 0 Å². The van der Waals surface area contributed by atoms with E-state index < -0.39 is 11.6 Å². The number of aromatic amines is 1. The quantitative estimate of drug-likeness (QED) is 0.0272.